The third-order valence-corrected chi connectivity index (χ3v) is 2.36. The predicted octanol–water partition coefficient (Wildman–Crippen LogP) is 3.12. The summed E-state index contributed by atoms with van der Waals surface area (Å²) in [5.41, 5.74) is 1.08. The SMILES string of the molecule is CC(=O)CCOc1cc(Br)ccc1C. The molecule has 0 amide bonds. The number of aryl methyl sites for hydroxylation is 1. The molecule has 3 heteroatoms. The van der Waals surface area contributed by atoms with E-state index < -0.39 is 0 Å². The van der Waals surface area contributed by atoms with Gasteiger partial charge < -0.3 is 4.74 Å². The molecule has 14 heavy (non-hydrogen) atoms. The highest BCUT2D eigenvalue weighted by Gasteiger charge is 2.01. The van der Waals surface area contributed by atoms with Crippen molar-refractivity contribution < 1.29 is 9.53 Å². The Morgan fingerprint density at radius 2 is 2.21 bits per heavy atom. The second-order valence-electron chi connectivity index (χ2n) is 3.21. The van der Waals surface area contributed by atoms with Crippen molar-refractivity contribution in [2.75, 3.05) is 6.61 Å². The first-order valence-electron chi connectivity index (χ1n) is 4.48. The Morgan fingerprint density at radius 3 is 2.86 bits per heavy atom. The van der Waals surface area contributed by atoms with Gasteiger partial charge >= 0.3 is 0 Å². The van der Waals surface area contributed by atoms with Crippen LogP contribution < -0.4 is 4.74 Å². The normalized spacial score (nSPS) is 9.93. The minimum absolute atomic E-state index is 0.151. The molecule has 76 valence electrons. The fourth-order valence-electron chi connectivity index (χ4n) is 1.03. The quantitative estimate of drug-likeness (QED) is 0.828. The van der Waals surface area contributed by atoms with Gasteiger partial charge in [-0.15, -0.1) is 0 Å². The number of halogens is 1. The zero-order chi connectivity index (χ0) is 10.6. The van der Waals surface area contributed by atoms with Crippen molar-refractivity contribution in [3.63, 3.8) is 0 Å². The van der Waals surface area contributed by atoms with Gasteiger partial charge in [-0.3, -0.25) is 4.79 Å². The van der Waals surface area contributed by atoms with Gasteiger partial charge in [-0.25, -0.2) is 0 Å². The zero-order valence-corrected chi connectivity index (χ0v) is 9.93. The topological polar surface area (TPSA) is 26.3 Å². The Balaban J connectivity index is 2.57. The Kier molecular flexibility index (Phi) is 4.14. The number of carbonyl (C=O) groups excluding carboxylic acids is 1. The van der Waals surface area contributed by atoms with Crippen LogP contribution in [0.5, 0.6) is 5.75 Å². The molecule has 1 aromatic rings. The molecule has 0 saturated carbocycles. The number of ether oxygens (including phenoxy) is 1. The van der Waals surface area contributed by atoms with Crippen LogP contribution >= 0.6 is 15.9 Å². The molecule has 0 atom stereocenters. The second kappa shape index (κ2) is 5.15. The number of hydrogen-bond acceptors (Lipinski definition) is 2. The van der Waals surface area contributed by atoms with Gasteiger partial charge in [-0.2, -0.15) is 0 Å². The highest BCUT2D eigenvalue weighted by atomic mass is 79.9. The summed E-state index contributed by atoms with van der Waals surface area (Å²) in [6.45, 7) is 4.00. The van der Waals surface area contributed by atoms with Crippen molar-refractivity contribution >= 4 is 21.7 Å². The fourth-order valence-corrected chi connectivity index (χ4v) is 1.37. The van der Waals surface area contributed by atoms with Crippen LogP contribution in [0.2, 0.25) is 0 Å². The number of Topliss-reactive ketones (excluding diaryl/α,β-unsaturated/α-hetero) is 1. The van der Waals surface area contributed by atoms with E-state index >= 15 is 0 Å². The number of carbonyl (C=O) groups is 1. The third-order valence-electron chi connectivity index (χ3n) is 1.86. The predicted molar refractivity (Wildman–Crippen MR) is 59.7 cm³/mol. The Hall–Kier alpha value is -0.830. The molecule has 0 radical (unpaired) electrons. The summed E-state index contributed by atoms with van der Waals surface area (Å²) in [6.07, 6.45) is 0.464. The van der Waals surface area contributed by atoms with Gasteiger partial charge in [0.2, 0.25) is 0 Å². The van der Waals surface area contributed by atoms with Crippen molar-refractivity contribution in [1.82, 2.24) is 0 Å². The van der Waals surface area contributed by atoms with E-state index in [2.05, 4.69) is 15.9 Å². The van der Waals surface area contributed by atoms with Gasteiger partial charge in [0.25, 0.3) is 0 Å². The molecule has 0 aliphatic rings. The van der Waals surface area contributed by atoms with Crippen LogP contribution in [0.15, 0.2) is 22.7 Å². The minimum Gasteiger partial charge on any atom is -0.493 e. The maximum atomic E-state index is 10.7. The lowest BCUT2D eigenvalue weighted by molar-refractivity contribution is -0.117. The zero-order valence-electron chi connectivity index (χ0n) is 8.34. The molecule has 1 aromatic carbocycles. The molecule has 0 fully saturated rings. The summed E-state index contributed by atoms with van der Waals surface area (Å²) in [5, 5.41) is 0. The maximum Gasteiger partial charge on any atom is 0.133 e. The van der Waals surface area contributed by atoms with Crippen molar-refractivity contribution in [2.24, 2.45) is 0 Å². The highest BCUT2D eigenvalue weighted by Crippen LogP contribution is 2.22. The molecule has 0 unspecified atom stereocenters. The van der Waals surface area contributed by atoms with Gasteiger partial charge in [0.1, 0.15) is 11.5 Å². The molecule has 0 bridgehead atoms. The van der Waals surface area contributed by atoms with Gasteiger partial charge in [-0.1, -0.05) is 22.0 Å². The Labute approximate surface area is 92.4 Å². The van der Waals surface area contributed by atoms with E-state index in [1.54, 1.807) is 6.92 Å². The van der Waals surface area contributed by atoms with Crippen LogP contribution in [0.4, 0.5) is 0 Å². The summed E-state index contributed by atoms with van der Waals surface area (Å²) >= 11 is 3.37. The lowest BCUT2D eigenvalue weighted by Gasteiger charge is -2.08. The maximum absolute atomic E-state index is 10.7. The minimum atomic E-state index is 0.151. The molecule has 1 rings (SSSR count). The largest absolute Gasteiger partial charge is 0.493 e. The molecular weight excluding hydrogens is 244 g/mol. The average Bonchev–Trinajstić information content (AvgIpc) is 2.10. The Bertz CT molecular complexity index is 334. The standard InChI is InChI=1S/C11H13BrO2/c1-8-3-4-10(12)7-11(8)14-6-5-9(2)13/h3-4,7H,5-6H2,1-2H3. The van der Waals surface area contributed by atoms with E-state index in [1.165, 1.54) is 0 Å². The fraction of sp³-hybridized carbons (Fsp3) is 0.364. The number of rotatable bonds is 4. The summed E-state index contributed by atoms with van der Waals surface area (Å²) in [4.78, 5) is 10.7. The smallest absolute Gasteiger partial charge is 0.133 e. The summed E-state index contributed by atoms with van der Waals surface area (Å²) in [7, 11) is 0. The van der Waals surface area contributed by atoms with Gasteiger partial charge in [0.05, 0.1) is 6.61 Å². The molecule has 0 N–H and O–H groups in total. The van der Waals surface area contributed by atoms with E-state index in [9.17, 15) is 4.79 Å². The van der Waals surface area contributed by atoms with Crippen LogP contribution in [0.1, 0.15) is 18.9 Å². The third kappa shape index (κ3) is 3.50. The molecule has 0 aromatic heterocycles. The van der Waals surface area contributed by atoms with Gasteiger partial charge in [0.15, 0.2) is 0 Å². The molecule has 0 heterocycles. The summed E-state index contributed by atoms with van der Waals surface area (Å²) in [6, 6.07) is 5.86. The highest BCUT2D eigenvalue weighted by molar-refractivity contribution is 9.10. The molecular formula is C11H13BrO2. The van der Waals surface area contributed by atoms with Crippen LogP contribution in [-0.2, 0) is 4.79 Å². The van der Waals surface area contributed by atoms with Crippen molar-refractivity contribution in [1.29, 1.82) is 0 Å². The lowest BCUT2D eigenvalue weighted by atomic mass is 10.2. The van der Waals surface area contributed by atoms with E-state index in [0.717, 1.165) is 15.8 Å². The lowest BCUT2D eigenvalue weighted by Crippen LogP contribution is -2.03. The van der Waals surface area contributed by atoms with Gasteiger partial charge in [0, 0.05) is 10.9 Å². The van der Waals surface area contributed by atoms with Crippen LogP contribution in [0.25, 0.3) is 0 Å². The first-order valence-corrected chi connectivity index (χ1v) is 5.27. The number of hydrogen-bond donors (Lipinski definition) is 0. The van der Waals surface area contributed by atoms with Crippen molar-refractivity contribution in [3.8, 4) is 5.75 Å². The molecule has 0 saturated heterocycles. The first kappa shape index (κ1) is 11.2. The monoisotopic (exact) mass is 256 g/mol. The molecule has 0 aliphatic carbocycles. The molecule has 0 aliphatic heterocycles. The van der Waals surface area contributed by atoms with Crippen molar-refractivity contribution in [3.05, 3.63) is 28.2 Å². The Morgan fingerprint density at radius 1 is 1.50 bits per heavy atom. The van der Waals surface area contributed by atoms with Gasteiger partial charge in [-0.05, 0) is 31.5 Å². The second-order valence-corrected chi connectivity index (χ2v) is 4.13. The van der Waals surface area contributed by atoms with E-state index in [4.69, 9.17) is 4.74 Å². The van der Waals surface area contributed by atoms with Crippen LogP contribution in [0, 0.1) is 6.92 Å². The van der Waals surface area contributed by atoms with Crippen LogP contribution in [-0.4, -0.2) is 12.4 Å². The van der Waals surface area contributed by atoms with Crippen molar-refractivity contribution in [2.45, 2.75) is 20.3 Å². The summed E-state index contributed by atoms with van der Waals surface area (Å²) < 4.78 is 6.46. The van der Waals surface area contributed by atoms with E-state index in [-0.39, 0.29) is 5.78 Å². The number of benzene rings is 1. The van der Waals surface area contributed by atoms with E-state index in [1.807, 2.05) is 25.1 Å². The molecule has 0 spiro atoms. The van der Waals surface area contributed by atoms with E-state index in [0.29, 0.717) is 13.0 Å². The molecule has 2 nitrogen and oxygen atoms in total. The summed E-state index contributed by atoms with van der Waals surface area (Å²) in [5.74, 6) is 0.985. The number of ketones is 1. The average molecular weight is 257 g/mol. The van der Waals surface area contributed by atoms with Crippen LogP contribution in [0.3, 0.4) is 0 Å². The first-order chi connectivity index (χ1) is 6.59.